The van der Waals surface area contributed by atoms with E-state index >= 15 is 0 Å². The standard InChI is InChI=1S/C25H35BrF4O/c1-2-3-4-5-17-6-10-19(11-7-17)20-12-8-18(9-13-20)16-31-21-14-22(27)24(23(28)15-21)25(26,29)30/h14-15,17-20H,2-13,16H2,1H3. The highest BCUT2D eigenvalue weighted by molar-refractivity contribution is 9.09. The van der Waals surface area contributed by atoms with Gasteiger partial charge in [-0.25, -0.2) is 8.78 Å². The first-order valence-electron chi connectivity index (χ1n) is 12.0. The molecular formula is C25H35BrF4O. The van der Waals surface area contributed by atoms with Crippen LogP contribution in [0.4, 0.5) is 17.6 Å². The minimum atomic E-state index is -3.74. The largest absolute Gasteiger partial charge is 0.493 e. The van der Waals surface area contributed by atoms with E-state index in [0.717, 1.165) is 42.7 Å². The summed E-state index contributed by atoms with van der Waals surface area (Å²) in [5, 5.41) is 0. The van der Waals surface area contributed by atoms with Crippen molar-refractivity contribution in [2.75, 3.05) is 6.61 Å². The first-order chi connectivity index (χ1) is 14.8. The van der Waals surface area contributed by atoms with E-state index in [9.17, 15) is 17.6 Å². The highest BCUT2D eigenvalue weighted by Crippen LogP contribution is 2.43. The fourth-order valence-electron chi connectivity index (χ4n) is 5.58. The Morgan fingerprint density at radius 2 is 1.39 bits per heavy atom. The van der Waals surface area contributed by atoms with E-state index in [4.69, 9.17) is 4.74 Å². The Labute approximate surface area is 192 Å². The Morgan fingerprint density at radius 3 is 1.87 bits per heavy atom. The number of benzene rings is 1. The van der Waals surface area contributed by atoms with Crippen LogP contribution < -0.4 is 4.74 Å². The molecule has 2 saturated carbocycles. The van der Waals surface area contributed by atoms with Gasteiger partial charge in [0.05, 0.1) is 6.61 Å². The third-order valence-corrected chi connectivity index (χ3v) is 7.85. The molecule has 0 N–H and O–H groups in total. The third-order valence-electron chi connectivity index (χ3n) is 7.45. The zero-order valence-corrected chi connectivity index (χ0v) is 20.0. The van der Waals surface area contributed by atoms with Gasteiger partial charge in [0.15, 0.2) is 0 Å². The van der Waals surface area contributed by atoms with Crippen LogP contribution in [0.1, 0.15) is 89.5 Å². The fourth-order valence-corrected chi connectivity index (χ4v) is 5.95. The number of alkyl halides is 3. The number of halogens is 5. The molecular weight excluding hydrogens is 472 g/mol. The van der Waals surface area contributed by atoms with Gasteiger partial charge in [-0.15, -0.1) is 0 Å². The van der Waals surface area contributed by atoms with Crippen molar-refractivity contribution in [2.45, 2.75) is 88.8 Å². The van der Waals surface area contributed by atoms with E-state index < -0.39 is 22.0 Å². The smallest absolute Gasteiger partial charge is 0.332 e. The van der Waals surface area contributed by atoms with Crippen molar-refractivity contribution in [1.29, 1.82) is 0 Å². The first-order valence-corrected chi connectivity index (χ1v) is 12.8. The van der Waals surface area contributed by atoms with E-state index in [2.05, 4.69) is 6.92 Å². The Balaban J connectivity index is 1.40. The quantitative estimate of drug-likeness (QED) is 0.184. The molecule has 0 unspecified atom stereocenters. The number of ether oxygens (including phenoxy) is 1. The summed E-state index contributed by atoms with van der Waals surface area (Å²) in [6, 6.07) is 1.69. The van der Waals surface area contributed by atoms with Crippen molar-refractivity contribution in [3.8, 4) is 5.75 Å². The second kappa shape index (κ2) is 11.4. The van der Waals surface area contributed by atoms with Gasteiger partial charge >= 0.3 is 4.83 Å². The van der Waals surface area contributed by atoms with Gasteiger partial charge in [-0.1, -0.05) is 45.4 Å². The number of unbranched alkanes of at least 4 members (excludes halogenated alkanes) is 2. The lowest BCUT2D eigenvalue weighted by Crippen LogP contribution is -2.27. The molecule has 2 aliphatic rings. The molecule has 0 heterocycles. The molecule has 0 aliphatic heterocycles. The topological polar surface area (TPSA) is 9.23 Å². The van der Waals surface area contributed by atoms with Gasteiger partial charge in [0, 0.05) is 12.1 Å². The molecule has 0 spiro atoms. The third kappa shape index (κ3) is 7.10. The predicted octanol–water partition coefficient (Wildman–Crippen LogP) is 8.98. The van der Waals surface area contributed by atoms with Crippen LogP contribution in [-0.4, -0.2) is 6.61 Å². The summed E-state index contributed by atoms with van der Waals surface area (Å²) >= 11 is 2.02. The number of hydrogen-bond donors (Lipinski definition) is 0. The summed E-state index contributed by atoms with van der Waals surface area (Å²) < 4.78 is 59.9. The Kier molecular flexibility index (Phi) is 9.12. The van der Waals surface area contributed by atoms with E-state index in [0.29, 0.717) is 12.5 Å². The van der Waals surface area contributed by atoms with Crippen LogP contribution in [-0.2, 0) is 4.83 Å². The van der Waals surface area contributed by atoms with Crippen molar-refractivity contribution >= 4 is 15.9 Å². The molecule has 0 atom stereocenters. The van der Waals surface area contributed by atoms with E-state index in [-0.39, 0.29) is 5.75 Å². The van der Waals surface area contributed by atoms with Crippen LogP contribution in [0.2, 0.25) is 0 Å². The molecule has 3 rings (SSSR count). The summed E-state index contributed by atoms with van der Waals surface area (Å²) in [7, 11) is 0. The lowest BCUT2D eigenvalue weighted by atomic mass is 9.69. The maximum atomic E-state index is 13.9. The molecule has 176 valence electrons. The zero-order chi connectivity index (χ0) is 22.4. The maximum Gasteiger partial charge on any atom is 0.332 e. The van der Waals surface area contributed by atoms with E-state index in [1.807, 2.05) is 15.9 Å². The Bertz CT molecular complexity index is 666. The normalized spacial score (nSPS) is 27.3. The van der Waals surface area contributed by atoms with Crippen molar-refractivity contribution in [2.24, 2.45) is 23.7 Å². The van der Waals surface area contributed by atoms with Gasteiger partial charge in [-0.2, -0.15) is 8.78 Å². The highest BCUT2D eigenvalue weighted by Gasteiger charge is 2.35. The molecule has 1 nitrogen and oxygen atoms in total. The van der Waals surface area contributed by atoms with Crippen molar-refractivity contribution in [1.82, 2.24) is 0 Å². The lowest BCUT2D eigenvalue weighted by Gasteiger charge is -2.38. The molecule has 2 fully saturated rings. The molecule has 1 aromatic rings. The van der Waals surface area contributed by atoms with Gasteiger partial charge in [0.2, 0.25) is 0 Å². The molecule has 0 aromatic heterocycles. The molecule has 0 radical (unpaired) electrons. The molecule has 1 aromatic carbocycles. The predicted molar refractivity (Wildman–Crippen MR) is 120 cm³/mol. The first kappa shape index (κ1) is 24.9. The minimum absolute atomic E-state index is 0.0287. The van der Waals surface area contributed by atoms with Gasteiger partial charge < -0.3 is 4.74 Å². The summed E-state index contributed by atoms with van der Waals surface area (Å²) in [6.45, 7) is 2.64. The SMILES string of the molecule is CCCCCC1CCC(C2CCC(COc3cc(F)c(C(F)(F)Br)c(F)c3)CC2)CC1. The molecule has 0 saturated heterocycles. The molecule has 2 aliphatic carbocycles. The van der Waals surface area contributed by atoms with Gasteiger partial charge in [0.25, 0.3) is 0 Å². The minimum Gasteiger partial charge on any atom is -0.493 e. The van der Waals surface area contributed by atoms with Gasteiger partial charge in [-0.3, -0.25) is 0 Å². The average molecular weight is 507 g/mol. The Morgan fingerprint density at radius 1 is 0.871 bits per heavy atom. The molecule has 31 heavy (non-hydrogen) atoms. The number of hydrogen-bond acceptors (Lipinski definition) is 1. The number of rotatable bonds is 9. The Hall–Kier alpha value is -0.780. The second-order valence-corrected chi connectivity index (χ2v) is 10.6. The monoisotopic (exact) mass is 506 g/mol. The van der Waals surface area contributed by atoms with Crippen LogP contribution in [0, 0.1) is 35.3 Å². The van der Waals surface area contributed by atoms with Crippen LogP contribution in [0.5, 0.6) is 5.75 Å². The van der Waals surface area contributed by atoms with E-state index in [1.54, 1.807) is 0 Å². The van der Waals surface area contributed by atoms with Crippen molar-refractivity contribution in [3.63, 3.8) is 0 Å². The highest BCUT2D eigenvalue weighted by atomic mass is 79.9. The summed E-state index contributed by atoms with van der Waals surface area (Å²) in [4.78, 5) is -3.74. The van der Waals surface area contributed by atoms with Gasteiger partial charge in [-0.05, 0) is 78.1 Å². The summed E-state index contributed by atoms with van der Waals surface area (Å²) in [5.41, 5.74) is -1.28. The maximum absolute atomic E-state index is 13.9. The molecule has 0 amide bonds. The van der Waals surface area contributed by atoms with Gasteiger partial charge in [0.1, 0.15) is 22.9 Å². The lowest BCUT2D eigenvalue weighted by molar-refractivity contribution is 0.104. The van der Waals surface area contributed by atoms with Crippen LogP contribution in [0.15, 0.2) is 12.1 Å². The fraction of sp³-hybridized carbons (Fsp3) is 0.760. The molecule has 0 bridgehead atoms. The van der Waals surface area contributed by atoms with Crippen LogP contribution in [0.25, 0.3) is 0 Å². The summed E-state index contributed by atoms with van der Waals surface area (Å²) in [5.74, 6) is 0.305. The zero-order valence-electron chi connectivity index (χ0n) is 18.5. The average Bonchev–Trinajstić information content (AvgIpc) is 2.72. The van der Waals surface area contributed by atoms with E-state index in [1.165, 1.54) is 64.2 Å². The second-order valence-electron chi connectivity index (χ2n) is 9.63. The van der Waals surface area contributed by atoms with Crippen LogP contribution >= 0.6 is 15.9 Å². The molecule has 6 heteroatoms. The van der Waals surface area contributed by atoms with Crippen molar-refractivity contribution in [3.05, 3.63) is 29.3 Å². The summed E-state index contributed by atoms with van der Waals surface area (Å²) in [6.07, 6.45) is 15.4. The van der Waals surface area contributed by atoms with Crippen LogP contribution in [0.3, 0.4) is 0 Å². The van der Waals surface area contributed by atoms with Crippen molar-refractivity contribution < 1.29 is 22.3 Å².